The van der Waals surface area contributed by atoms with E-state index in [4.69, 9.17) is 0 Å². The summed E-state index contributed by atoms with van der Waals surface area (Å²) >= 11 is 0. The molecule has 6 nitrogen and oxygen atoms in total. The Hall–Kier alpha value is -2.89. The molecule has 0 unspecified atom stereocenters. The van der Waals surface area contributed by atoms with Crippen molar-refractivity contribution in [1.29, 1.82) is 0 Å². The molecule has 23 heavy (non-hydrogen) atoms. The molecule has 0 aliphatic rings. The Bertz CT molecular complexity index is 794. The lowest BCUT2D eigenvalue weighted by molar-refractivity contribution is -0.115. The summed E-state index contributed by atoms with van der Waals surface area (Å²) in [6.07, 6.45) is 3.18. The second-order valence-electron chi connectivity index (χ2n) is 5.32. The normalized spacial score (nSPS) is 10.7. The lowest BCUT2D eigenvalue weighted by atomic mass is 10.1. The predicted octanol–water partition coefficient (Wildman–Crippen LogP) is 2.96. The molecule has 0 bridgehead atoms. The molecule has 1 amide bonds. The van der Waals surface area contributed by atoms with Crippen molar-refractivity contribution in [2.45, 2.75) is 19.8 Å². The third-order valence-electron chi connectivity index (χ3n) is 3.51. The molecule has 0 fully saturated rings. The number of carbonyl (C=O) groups excluding carboxylic acids is 1. The molecule has 0 spiro atoms. The van der Waals surface area contributed by atoms with E-state index in [1.165, 1.54) is 0 Å². The van der Waals surface area contributed by atoms with Gasteiger partial charge in [-0.15, -0.1) is 10.2 Å². The molecule has 3 N–H and O–H groups in total. The third kappa shape index (κ3) is 3.66. The van der Waals surface area contributed by atoms with Crippen molar-refractivity contribution in [3.05, 3.63) is 48.2 Å². The topological polar surface area (TPSA) is 82.7 Å². The van der Waals surface area contributed by atoms with Gasteiger partial charge in [-0.25, -0.2) is 0 Å². The van der Waals surface area contributed by atoms with Gasteiger partial charge in [0.1, 0.15) is 5.82 Å². The van der Waals surface area contributed by atoms with Crippen molar-refractivity contribution in [2.75, 3.05) is 17.2 Å². The van der Waals surface area contributed by atoms with Crippen LogP contribution in [0.15, 0.2) is 42.6 Å². The lowest BCUT2D eigenvalue weighted by Crippen LogP contribution is -2.15. The number of anilines is 2. The Balaban J connectivity index is 1.63. The highest BCUT2D eigenvalue weighted by Gasteiger charge is 2.09. The molecule has 0 aliphatic carbocycles. The molecular formula is C17H19N5O. The lowest BCUT2D eigenvalue weighted by Gasteiger charge is -2.05. The number of para-hydroxylation sites is 1. The molecular weight excluding hydrogens is 290 g/mol. The van der Waals surface area contributed by atoms with E-state index in [-0.39, 0.29) is 5.91 Å². The van der Waals surface area contributed by atoms with Crippen LogP contribution < -0.4 is 10.6 Å². The maximum absolute atomic E-state index is 12.2. The highest BCUT2D eigenvalue weighted by molar-refractivity contribution is 5.95. The van der Waals surface area contributed by atoms with Crippen molar-refractivity contribution >= 4 is 28.4 Å². The minimum Gasteiger partial charge on any atom is -0.369 e. The Morgan fingerprint density at radius 1 is 1.13 bits per heavy atom. The van der Waals surface area contributed by atoms with E-state index in [9.17, 15) is 4.79 Å². The smallest absolute Gasteiger partial charge is 0.230 e. The number of hydrogen-bond acceptors (Lipinski definition) is 4. The minimum atomic E-state index is -0.113. The van der Waals surface area contributed by atoms with Crippen molar-refractivity contribution in [3.8, 4) is 0 Å². The first-order chi connectivity index (χ1) is 11.3. The van der Waals surface area contributed by atoms with E-state index < -0.39 is 0 Å². The molecule has 2 heterocycles. The van der Waals surface area contributed by atoms with Crippen LogP contribution in [0.5, 0.6) is 0 Å². The molecule has 118 valence electrons. The number of aromatic amines is 1. The fourth-order valence-electron chi connectivity index (χ4n) is 2.38. The molecule has 0 saturated carbocycles. The molecule has 1 aromatic carbocycles. The van der Waals surface area contributed by atoms with Gasteiger partial charge in [0.15, 0.2) is 5.82 Å². The summed E-state index contributed by atoms with van der Waals surface area (Å²) in [4.78, 5) is 15.3. The van der Waals surface area contributed by atoms with Gasteiger partial charge in [-0.3, -0.25) is 4.79 Å². The molecule has 3 aromatic rings. The summed E-state index contributed by atoms with van der Waals surface area (Å²) in [5.41, 5.74) is 1.99. The number of aromatic nitrogens is 3. The van der Waals surface area contributed by atoms with Crippen LogP contribution in [0.2, 0.25) is 0 Å². The number of nitrogens with zero attached hydrogens (tertiary/aromatic N) is 2. The van der Waals surface area contributed by atoms with Crippen molar-refractivity contribution in [2.24, 2.45) is 0 Å². The second-order valence-corrected chi connectivity index (χ2v) is 5.32. The van der Waals surface area contributed by atoms with Gasteiger partial charge >= 0.3 is 0 Å². The Labute approximate surface area is 134 Å². The van der Waals surface area contributed by atoms with E-state index in [1.54, 1.807) is 6.07 Å². The first kappa shape index (κ1) is 15.0. The molecule has 0 radical (unpaired) electrons. The fraction of sp³-hybridized carbons (Fsp3) is 0.235. The van der Waals surface area contributed by atoms with E-state index in [0.717, 1.165) is 29.4 Å². The van der Waals surface area contributed by atoms with Gasteiger partial charge in [-0.2, -0.15) is 0 Å². The SMILES string of the molecule is CCCNc1ccc(NC(=O)Cc2c[nH]c3ccccc23)nn1. The third-order valence-corrected chi connectivity index (χ3v) is 3.51. The standard InChI is InChI=1S/C17H19N5O/c1-2-9-18-15-7-8-16(22-21-15)20-17(23)10-12-11-19-14-6-4-3-5-13(12)14/h3-8,11,19H,2,9-10H2,1H3,(H,18,21)(H,20,22,23). The number of benzene rings is 1. The maximum Gasteiger partial charge on any atom is 0.230 e. The zero-order valence-corrected chi connectivity index (χ0v) is 13.0. The van der Waals surface area contributed by atoms with E-state index in [2.05, 4.69) is 32.7 Å². The monoisotopic (exact) mass is 309 g/mol. The quantitative estimate of drug-likeness (QED) is 0.654. The van der Waals surface area contributed by atoms with Gasteiger partial charge in [0.25, 0.3) is 0 Å². The number of H-pyrrole nitrogens is 1. The Kier molecular flexibility index (Phi) is 4.52. The number of carbonyl (C=O) groups is 1. The summed E-state index contributed by atoms with van der Waals surface area (Å²) in [7, 11) is 0. The maximum atomic E-state index is 12.2. The van der Waals surface area contributed by atoms with Crippen LogP contribution in [0, 0.1) is 0 Å². The largest absolute Gasteiger partial charge is 0.369 e. The zero-order valence-electron chi connectivity index (χ0n) is 13.0. The molecule has 2 aromatic heterocycles. The average Bonchev–Trinajstić information content (AvgIpc) is 2.97. The van der Waals surface area contributed by atoms with Crippen LogP contribution in [-0.4, -0.2) is 27.6 Å². The van der Waals surface area contributed by atoms with E-state index >= 15 is 0 Å². The van der Waals surface area contributed by atoms with Crippen LogP contribution in [-0.2, 0) is 11.2 Å². The minimum absolute atomic E-state index is 0.113. The van der Waals surface area contributed by atoms with Crippen LogP contribution in [0.25, 0.3) is 10.9 Å². The van der Waals surface area contributed by atoms with Crippen LogP contribution in [0.1, 0.15) is 18.9 Å². The summed E-state index contributed by atoms with van der Waals surface area (Å²) in [5, 5.41) is 15.0. The van der Waals surface area contributed by atoms with Crippen LogP contribution >= 0.6 is 0 Å². The second kappa shape index (κ2) is 6.91. The molecule has 0 aliphatic heterocycles. The Morgan fingerprint density at radius 2 is 1.91 bits per heavy atom. The average molecular weight is 309 g/mol. The van der Waals surface area contributed by atoms with Gasteiger partial charge in [-0.05, 0) is 30.2 Å². The highest BCUT2D eigenvalue weighted by atomic mass is 16.1. The summed E-state index contributed by atoms with van der Waals surface area (Å²) in [6, 6.07) is 11.5. The summed E-state index contributed by atoms with van der Waals surface area (Å²) in [5.74, 6) is 1.05. The van der Waals surface area contributed by atoms with Gasteiger partial charge in [-0.1, -0.05) is 25.1 Å². The number of rotatable bonds is 6. The number of amides is 1. The highest BCUT2D eigenvalue weighted by Crippen LogP contribution is 2.18. The zero-order chi connectivity index (χ0) is 16.1. The first-order valence-corrected chi connectivity index (χ1v) is 7.68. The first-order valence-electron chi connectivity index (χ1n) is 7.68. The van der Waals surface area contributed by atoms with Crippen molar-refractivity contribution in [3.63, 3.8) is 0 Å². The number of hydrogen-bond donors (Lipinski definition) is 3. The van der Waals surface area contributed by atoms with Crippen molar-refractivity contribution in [1.82, 2.24) is 15.2 Å². The van der Waals surface area contributed by atoms with Gasteiger partial charge in [0.2, 0.25) is 5.91 Å². The number of nitrogens with one attached hydrogen (secondary N) is 3. The molecule has 3 rings (SSSR count). The fourth-order valence-corrected chi connectivity index (χ4v) is 2.38. The Morgan fingerprint density at radius 3 is 2.70 bits per heavy atom. The molecule has 6 heteroatoms. The number of fused-ring (bicyclic) bond motifs is 1. The van der Waals surface area contributed by atoms with Crippen LogP contribution in [0.4, 0.5) is 11.6 Å². The van der Waals surface area contributed by atoms with Crippen LogP contribution in [0.3, 0.4) is 0 Å². The van der Waals surface area contributed by atoms with Crippen molar-refractivity contribution < 1.29 is 4.79 Å². The summed E-state index contributed by atoms with van der Waals surface area (Å²) in [6.45, 7) is 2.93. The van der Waals surface area contributed by atoms with E-state index in [1.807, 2.05) is 36.5 Å². The molecule has 0 saturated heterocycles. The molecule has 0 atom stereocenters. The summed E-state index contributed by atoms with van der Waals surface area (Å²) < 4.78 is 0. The van der Waals surface area contributed by atoms with Gasteiger partial charge in [0.05, 0.1) is 6.42 Å². The predicted molar refractivity (Wildman–Crippen MR) is 91.4 cm³/mol. The van der Waals surface area contributed by atoms with Gasteiger partial charge in [0, 0.05) is 23.6 Å². The van der Waals surface area contributed by atoms with E-state index in [0.29, 0.717) is 18.1 Å². The van der Waals surface area contributed by atoms with Gasteiger partial charge < -0.3 is 15.6 Å².